The van der Waals surface area contributed by atoms with Gasteiger partial charge in [-0.1, -0.05) is 78.9 Å². The Kier molecular flexibility index (Phi) is 12.6. The molecule has 4 rings (SSSR count). The van der Waals surface area contributed by atoms with Gasteiger partial charge in [-0.05, 0) is 43.2 Å². The lowest BCUT2D eigenvalue weighted by atomic mass is 10.1. The smallest absolute Gasteiger partial charge is 0.201 e. The SMILES string of the molecule is C=CCc1nc(-c2ccccc2O)cc(C(OCC)OCC)n1.c1ccc(CSCc2ccccc2)cc1. The molecule has 0 amide bonds. The Bertz CT molecular complexity index is 1190. The molecule has 5 nitrogen and oxygen atoms in total. The van der Waals surface area contributed by atoms with Crippen molar-refractivity contribution in [2.75, 3.05) is 13.2 Å². The quantitative estimate of drug-likeness (QED) is 0.150. The predicted molar refractivity (Wildman–Crippen MR) is 157 cm³/mol. The van der Waals surface area contributed by atoms with E-state index in [1.807, 2.05) is 37.7 Å². The summed E-state index contributed by atoms with van der Waals surface area (Å²) in [7, 11) is 0. The Morgan fingerprint density at radius 1 is 0.816 bits per heavy atom. The van der Waals surface area contributed by atoms with Crippen LogP contribution in [0.25, 0.3) is 11.3 Å². The first-order valence-electron chi connectivity index (χ1n) is 12.8. The van der Waals surface area contributed by atoms with Crippen molar-refractivity contribution in [3.05, 3.63) is 126 Å². The molecule has 0 spiro atoms. The van der Waals surface area contributed by atoms with Gasteiger partial charge >= 0.3 is 0 Å². The lowest BCUT2D eigenvalue weighted by molar-refractivity contribution is -0.142. The number of thioether (sulfide) groups is 1. The normalized spacial score (nSPS) is 10.6. The Labute approximate surface area is 230 Å². The van der Waals surface area contributed by atoms with Crippen LogP contribution in [0.1, 0.15) is 42.8 Å². The van der Waals surface area contributed by atoms with Crippen molar-refractivity contribution in [3.8, 4) is 17.0 Å². The largest absolute Gasteiger partial charge is 0.507 e. The van der Waals surface area contributed by atoms with Crippen LogP contribution in [0.15, 0.2) is 104 Å². The molecule has 198 valence electrons. The number of hydrogen-bond donors (Lipinski definition) is 1. The first-order valence-corrected chi connectivity index (χ1v) is 14.0. The van der Waals surface area contributed by atoms with Crippen molar-refractivity contribution in [1.82, 2.24) is 9.97 Å². The maximum atomic E-state index is 10.1. The standard InChI is InChI=1S/C18H22N2O3.C14H14S/c1-4-9-17-19-14(13-10-7-8-11-16(13)21)12-15(20-17)18(22-5-2)23-6-3;1-3-7-13(8-4-1)11-15-12-14-9-5-2-6-10-14/h4,7-8,10-12,18,21H,1,5-6,9H2,2-3H3;1-10H,11-12H2. The fourth-order valence-electron chi connectivity index (χ4n) is 3.64. The number of para-hydroxylation sites is 1. The van der Waals surface area contributed by atoms with Gasteiger partial charge in [-0.25, -0.2) is 9.97 Å². The number of phenols is 1. The van der Waals surface area contributed by atoms with E-state index in [9.17, 15) is 5.11 Å². The first-order chi connectivity index (χ1) is 18.6. The minimum atomic E-state index is -0.554. The number of hydrogen-bond acceptors (Lipinski definition) is 6. The van der Waals surface area contributed by atoms with E-state index in [1.54, 1.807) is 24.3 Å². The van der Waals surface area contributed by atoms with Gasteiger partial charge in [-0.2, -0.15) is 11.8 Å². The van der Waals surface area contributed by atoms with Crippen LogP contribution in [0.3, 0.4) is 0 Å². The van der Waals surface area contributed by atoms with Crippen molar-refractivity contribution in [3.63, 3.8) is 0 Å². The summed E-state index contributed by atoms with van der Waals surface area (Å²) in [6.07, 6.45) is 1.71. The average molecular weight is 529 g/mol. The highest BCUT2D eigenvalue weighted by atomic mass is 32.2. The molecule has 0 aliphatic carbocycles. The number of ether oxygens (including phenoxy) is 2. The number of phenolic OH excluding ortho intramolecular Hbond substituents is 1. The zero-order valence-electron chi connectivity index (χ0n) is 22.1. The van der Waals surface area contributed by atoms with Crippen LogP contribution in [-0.2, 0) is 27.4 Å². The van der Waals surface area contributed by atoms with Crippen molar-refractivity contribution in [2.24, 2.45) is 0 Å². The summed E-state index contributed by atoms with van der Waals surface area (Å²) >= 11 is 1.96. The van der Waals surface area contributed by atoms with E-state index in [2.05, 4.69) is 77.2 Å². The molecule has 0 saturated carbocycles. The van der Waals surface area contributed by atoms with Gasteiger partial charge in [0, 0.05) is 36.7 Å². The molecule has 0 atom stereocenters. The van der Waals surface area contributed by atoms with E-state index >= 15 is 0 Å². The predicted octanol–water partition coefficient (Wildman–Crippen LogP) is 7.77. The lowest BCUT2D eigenvalue weighted by Crippen LogP contribution is -2.13. The van der Waals surface area contributed by atoms with Gasteiger partial charge in [0.05, 0.1) is 5.69 Å². The second-order valence-electron chi connectivity index (χ2n) is 8.31. The number of rotatable bonds is 12. The molecule has 0 bridgehead atoms. The van der Waals surface area contributed by atoms with Crippen molar-refractivity contribution < 1.29 is 14.6 Å². The molecule has 0 aliphatic heterocycles. The summed E-state index contributed by atoms with van der Waals surface area (Å²) in [4.78, 5) is 9.01. The molecule has 3 aromatic carbocycles. The van der Waals surface area contributed by atoms with Crippen LogP contribution >= 0.6 is 11.8 Å². The van der Waals surface area contributed by atoms with E-state index in [-0.39, 0.29) is 5.75 Å². The molecule has 1 N–H and O–H groups in total. The van der Waals surface area contributed by atoms with Crippen LogP contribution < -0.4 is 0 Å². The molecule has 0 unspecified atom stereocenters. The number of aromatic hydroxyl groups is 1. The maximum absolute atomic E-state index is 10.1. The minimum absolute atomic E-state index is 0.172. The summed E-state index contributed by atoms with van der Waals surface area (Å²) in [5.74, 6) is 2.97. The van der Waals surface area contributed by atoms with Crippen LogP contribution in [-0.4, -0.2) is 28.3 Å². The molecule has 1 heterocycles. The van der Waals surface area contributed by atoms with Gasteiger partial charge in [-0.3, -0.25) is 0 Å². The van der Waals surface area contributed by atoms with Gasteiger partial charge in [0.15, 0.2) is 0 Å². The highest BCUT2D eigenvalue weighted by Gasteiger charge is 2.17. The Morgan fingerprint density at radius 2 is 1.37 bits per heavy atom. The second-order valence-corrected chi connectivity index (χ2v) is 9.30. The van der Waals surface area contributed by atoms with Gasteiger partial charge in [0.1, 0.15) is 17.3 Å². The van der Waals surface area contributed by atoms with E-state index in [4.69, 9.17) is 9.47 Å². The third kappa shape index (κ3) is 9.45. The molecule has 6 heteroatoms. The molecule has 0 saturated heterocycles. The van der Waals surface area contributed by atoms with Crippen molar-refractivity contribution >= 4 is 11.8 Å². The van der Waals surface area contributed by atoms with E-state index in [1.165, 1.54) is 11.1 Å². The summed E-state index contributed by atoms with van der Waals surface area (Å²) in [5.41, 5.74) is 4.72. The Morgan fingerprint density at radius 3 is 1.89 bits per heavy atom. The maximum Gasteiger partial charge on any atom is 0.201 e. The lowest BCUT2D eigenvalue weighted by Gasteiger charge is -2.18. The molecular formula is C32H36N2O3S. The molecule has 38 heavy (non-hydrogen) atoms. The van der Waals surface area contributed by atoms with Crippen LogP contribution in [0.2, 0.25) is 0 Å². The fourth-order valence-corrected chi connectivity index (χ4v) is 4.60. The van der Waals surface area contributed by atoms with Gasteiger partial charge in [-0.15, -0.1) is 6.58 Å². The third-order valence-corrected chi connectivity index (χ3v) is 6.47. The summed E-state index contributed by atoms with van der Waals surface area (Å²) in [6, 6.07) is 30.1. The zero-order valence-corrected chi connectivity index (χ0v) is 22.9. The van der Waals surface area contributed by atoms with Crippen molar-refractivity contribution in [2.45, 2.75) is 38.1 Å². The highest BCUT2D eigenvalue weighted by Crippen LogP contribution is 2.29. The average Bonchev–Trinajstić information content (AvgIpc) is 2.95. The van der Waals surface area contributed by atoms with Gasteiger partial charge in [0.25, 0.3) is 0 Å². The second kappa shape index (κ2) is 16.4. The van der Waals surface area contributed by atoms with E-state index < -0.39 is 6.29 Å². The third-order valence-electron chi connectivity index (χ3n) is 5.40. The molecule has 4 aromatic rings. The fraction of sp³-hybridized carbons (Fsp3) is 0.250. The number of aromatic nitrogens is 2. The van der Waals surface area contributed by atoms with Crippen LogP contribution in [0, 0.1) is 0 Å². The highest BCUT2D eigenvalue weighted by molar-refractivity contribution is 7.97. The minimum Gasteiger partial charge on any atom is -0.507 e. The van der Waals surface area contributed by atoms with Gasteiger partial charge < -0.3 is 14.6 Å². The zero-order chi connectivity index (χ0) is 27.0. The molecule has 1 aromatic heterocycles. The molecule has 0 fully saturated rings. The van der Waals surface area contributed by atoms with Crippen LogP contribution in [0.4, 0.5) is 0 Å². The summed E-state index contributed by atoms with van der Waals surface area (Å²) in [5, 5.41) is 10.1. The molecule has 0 aliphatic rings. The van der Waals surface area contributed by atoms with Crippen molar-refractivity contribution in [1.29, 1.82) is 0 Å². The van der Waals surface area contributed by atoms with Gasteiger partial charge in [0.2, 0.25) is 6.29 Å². The van der Waals surface area contributed by atoms with E-state index in [0.717, 1.165) is 11.5 Å². The Hall–Kier alpha value is -3.45. The monoisotopic (exact) mass is 528 g/mol. The topological polar surface area (TPSA) is 64.5 Å². The molecule has 0 radical (unpaired) electrons. The summed E-state index contributed by atoms with van der Waals surface area (Å²) in [6.45, 7) is 8.56. The van der Waals surface area contributed by atoms with E-state index in [0.29, 0.717) is 42.4 Å². The number of benzene rings is 3. The number of allylic oxidation sites excluding steroid dienone is 1. The Balaban J connectivity index is 0.000000230. The first kappa shape index (κ1) is 29.1. The summed E-state index contributed by atoms with van der Waals surface area (Å²) < 4.78 is 11.2. The number of nitrogens with zero attached hydrogens (tertiary/aromatic N) is 2. The van der Waals surface area contributed by atoms with Crippen LogP contribution in [0.5, 0.6) is 5.75 Å². The molecular weight excluding hydrogens is 492 g/mol.